The highest BCUT2D eigenvalue weighted by Crippen LogP contribution is 2.28. The summed E-state index contributed by atoms with van der Waals surface area (Å²) in [5.74, 6) is 0.495. The standard InChI is InChI=1S/C15H16FN3O/c1-10-9-14(17-15(20)11-3-2-4-11)19(18-10)13-7-5-12(16)6-8-13/h5-9,11H,2-4H2,1H3,(H,17,20). The van der Waals surface area contributed by atoms with Crippen LogP contribution in [0, 0.1) is 18.7 Å². The molecule has 0 radical (unpaired) electrons. The van der Waals surface area contributed by atoms with Gasteiger partial charge in [0.15, 0.2) is 0 Å². The number of carbonyl (C=O) groups is 1. The van der Waals surface area contributed by atoms with Crippen molar-refractivity contribution in [3.8, 4) is 5.69 Å². The predicted octanol–water partition coefficient (Wildman–Crippen LogP) is 3.06. The maximum atomic E-state index is 13.0. The molecule has 0 spiro atoms. The van der Waals surface area contributed by atoms with Crippen LogP contribution in [0.3, 0.4) is 0 Å². The van der Waals surface area contributed by atoms with Gasteiger partial charge in [0.25, 0.3) is 0 Å². The van der Waals surface area contributed by atoms with E-state index in [1.807, 2.05) is 13.0 Å². The van der Waals surface area contributed by atoms with Crippen LogP contribution < -0.4 is 5.32 Å². The summed E-state index contributed by atoms with van der Waals surface area (Å²) in [7, 11) is 0. The molecule has 0 bridgehead atoms. The zero-order valence-electron chi connectivity index (χ0n) is 11.3. The number of aromatic nitrogens is 2. The average molecular weight is 273 g/mol. The van der Waals surface area contributed by atoms with Gasteiger partial charge >= 0.3 is 0 Å². The molecule has 1 saturated carbocycles. The summed E-state index contributed by atoms with van der Waals surface area (Å²) >= 11 is 0. The number of nitrogens with zero attached hydrogens (tertiary/aromatic N) is 2. The molecule has 0 saturated heterocycles. The molecule has 1 aliphatic carbocycles. The van der Waals surface area contributed by atoms with Crippen molar-refractivity contribution in [2.24, 2.45) is 5.92 Å². The molecule has 1 heterocycles. The molecule has 4 nitrogen and oxygen atoms in total. The van der Waals surface area contributed by atoms with Crippen LogP contribution in [0.2, 0.25) is 0 Å². The third kappa shape index (κ3) is 2.43. The third-order valence-electron chi connectivity index (χ3n) is 3.63. The Labute approximate surface area is 116 Å². The molecule has 5 heteroatoms. The lowest BCUT2D eigenvalue weighted by Gasteiger charge is -2.24. The van der Waals surface area contributed by atoms with Crippen molar-refractivity contribution in [2.45, 2.75) is 26.2 Å². The number of benzene rings is 1. The number of anilines is 1. The minimum Gasteiger partial charge on any atom is -0.310 e. The highest BCUT2D eigenvalue weighted by molar-refractivity contribution is 5.92. The van der Waals surface area contributed by atoms with E-state index in [4.69, 9.17) is 0 Å². The smallest absolute Gasteiger partial charge is 0.228 e. The highest BCUT2D eigenvalue weighted by atomic mass is 19.1. The van der Waals surface area contributed by atoms with Crippen molar-refractivity contribution >= 4 is 11.7 Å². The zero-order chi connectivity index (χ0) is 14.1. The van der Waals surface area contributed by atoms with Gasteiger partial charge in [-0.15, -0.1) is 0 Å². The monoisotopic (exact) mass is 273 g/mol. The molecule has 0 aliphatic heterocycles. The molecular weight excluding hydrogens is 257 g/mol. The molecule has 3 rings (SSSR count). The molecule has 0 unspecified atom stereocenters. The Morgan fingerprint density at radius 3 is 2.65 bits per heavy atom. The first-order valence-corrected chi connectivity index (χ1v) is 6.77. The van der Waals surface area contributed by atoms with Gasteiger partial charge in [-0.2, -0.15) is 5.10 Å². The molecule has 1 amide bonds. The van der Waals surface area contributed by atoms with Crippen molar-refractivity contribution in [1.29, 1.82) is 0 Å². The van der Waals surface area contributed by atoms with E-state index in [2.05, 4.69) is 10.4 Å². The summed E-state index contributed by atoms with van der Waals surface area (Å²) in [4.78, 5) is 12.0. The number of carbonyl (C=O) groups excluding carboxylic acids is 1. The summed E-state index contributed by atoms with van der Waals surface area (Å²) in [5, 5.41) is 7.26. The first kappa shape index (κ1) is 12.8. The van der Waals surface area contributed by atoms with Gasteiger partial charge in [0.2, 0.25) is 5.91 Å². The predicted molar refractivity (Wildman–Crippen MR) is 74.2 cm³/mol. The van der Waals surface area contributed by atoms with Crippen LogP contribution in [0.25, 0.3) is 5.69 Å². The molecule has 1 fully saturated rings. The number of aryl methyl sites for hydroxylation is 1. The lowest BCUT2D eigenvalue weighted by atomic mass is 9.85. The minimum atomic E-state index is -0.294. The zero-order valence-corrected chi connectivity index (χ0v) is 11.3. The van der Waals surface area contributed by atoms with Crippen LogP contribution in [0.4, 0.5) is 10.2 Å². The Kier molecular flexibility index (Phi) is 3.26. The second-order valence-electron chi connectivity index (χ2n) is 5.18. The minimum absolute atomic E-state index is 0.0412. The molecule has 1 aromatic heterocycles. The molecular formula is C15H16FN3O. The SMILES string of the molecule is Cc1cc(NC(=O)C2CCC2)n(-c2ccc(F)cc2)n1. The second kappa shape index (κ2) is 5.07. The molecule has 2 aromatic rings. The molecule has 104 valence electrons. The van der Waals surface area contributed by atoms with Crippen molar-refractivity contribution in [1.82, 2.24) is 9.78 Å². The van der Waals surface area contributed by atoms with Gasteiger partial charge in [0, 0.05) is 12.0 Å². The number of hydrogen-bond donors (Lipinski definition) is 1. The van der Waals surface area contributed by atoms with Gasteiger partial charge in [-0.05, 0) is 44.0 Å². The topological polar surface area (TPSA) is 46.9 Å². The summed E-state index contributed by atoms with van der Waals surface area (Å²) in [6.07, 6.45) is 3.03. The first-order chi connectivity index (χ1) is 9.63. The molecule has 1 aromatic carbocycles. The van der Waals surface area contributed by atoms with Crippen molar-refractivity contribution in [3.63, 3.8) is 0 Å². The Morgan fingerprint density at radius 1 is 1.35 bits per heavy atom. The highest BCUT2D eigenvalue weighted by Gasteiger charge is 2.26. The maximum Gasteiger partial charge on any atom is 0.228 e. The number of halogens is 1. The van der Waals surface area contributed by atoms with Crippen LogP contribution in [0.15, 0.2) is 30.3 Å². The van der Waals surface area contributed by atoms with Crippen LogP contribution >= 0.6 is 0 Å². The number of amides is 1. The quantitative estimate of drug-likeness (QED) is 0.934. The molecule has 20 heavy (non-hydrogen) atoms. The normalized spacial score (nSPS) is 14.9. The van der Waals surface area contributed by atoms with Gasteiger partial charge in [-0.1, -0.05) is 6.42 Å². The first-order valence-electron chi connectivity index (χ1n) is 6.77. The van der Waals surface area contributed by atoms with E-state index in [1.165, 1.54) is 12.1 Å². The van der Waals surface area contributed by atoms with Crippen molar-refractivity contribution < 1.29 is 9.18 Å². The summed E-state index contributed by atoms with van der Waals surface area (Å²) in [5.41, 5.74) is 1.53. The fourth-order valence-electron chi connectivity index (χ4n) is 2.27. The number of nitrogens with one attached hydrogen (secondary N) is 1. The van der Waals surface area contributed by atoms with Crippen molar-refractivity contribution in [2.75, 3.05) is 5.32 Å². The molecule has 1 N–H and O–H groups in total. The molecule has 1 aliphatic rings. The number of hydrogen-bond acceptors (Lipinski definition) is 2. The van der Waals surface area contributed by atoms with Crippen LogP contribution in [-0.2, 0) is 4.79 Å². The van der Waals surface area contributed by atoms with Gasteiger partial charge in [0.05, 0.1) is 11.4 Å². The average Bonchev–Trinajstić information content (AvgIpc) is 2.69. The lowest BCUT2D eigenvalue weighted by molar-refractivity contribution is -0.122. The van der Waals surface area contributed by atoms with E-state index in [-0.39, 0.29) is 17.6 Å². The van der Waals surface area contributed by atoms with Gasteiger partial charge in [-0.3, -0.25) is 4.79 Å². The summed E-state index contributed by atoms with van der Waals surface area (Å²) in [6.45, 7) is 1.86. The Morgan fingerprint density at radius 2 is 2.05 bits per heavy atom. The lowest BCUT2D eigenvalue weighted by Crippen LogP contribution is -2.28. The fraction of sp³-hybridized carbons (Fsp3) is 0.333. The Bertz CT molecular complexity index is 629. The van der Waals surface area contributed by atoms with E-state index in [9.17, 15) is 9.18 Å². The van der Waals surface area contributed by atoms with Gasteiger partial charge in [-0.25, -0.2) is 9.07 Å². The van der Waals surface area contributed by atoms with E-state index < -0.39 is 0 Å². The Hall–Kier alpha value is -2.17. The fourth-order valence-corrected chi connectivity index (χ4v) is 2.27. The van der Waals surface area contributed by atoms with E-state index in [0.29, 0.717) is 5.82 Å². The van der Waals surface area contributed by atoms with E-state index >= 15 is 0 Å². The Balaban J connectivity index is 1.87. The van der Waals surface area contributed by atoms with Crippen LogP contribution in [0.1, 0.15) is 25.0 Å². The van der Waals surface area contributed by atoms with E-state index in [0.717, 1.165) is 30.6 Å². The van der Waals surface area contributed by atoms with Crippen LogP contribution in [-0.4, -0.2) is 15.7 Å². The van der Waals surface area contributed by atoms with E-state index in [1.54, 1.807) is 16.8 Å². The summed E-state index contributed by atoms with van der Waals surface area (Å²) in [6, 6.07) is 7.86. The van der Waals surface area contributed by atoms with Gasteiger partial charge < -0.3 is 5.32 Å². The maximum absolute atomic E-state index is 13.0. The largest absolute Gasteiger partial charge is 0.310 e. The molecule has 0 atom stereocenters. The van der Waals surface area contributed by atoms with Crippen molar-refractivity contribution in [3.05, 3.63) is 41.8 Å². The number of rotatable bonds is 3. The van der Waals surface area contributed by atoms with Crippen LogP contribution in [0.5, 0.6) is 0 Å². The van der Waals surface area contributed by atoms with Gasteiger partial charge in [0.1, 0.15) is 11.6 Å². The summed E-state index contributed by atoms with van der Waals surface area (Å²) < 4.78 is 14.6. The third-order valence-corrected chi connectivity index (χ3v) is 3.63. The second-order valence-corrected chi connectivity index (χ2v) is 5.18.